The van der Waals surface area contributed by atoms with E-state index in [1.165, 1.54) is 42.4 Å². The van der Waals surface area contributed by atoms with Crippen molar-refractivity contribution < 1.29 is 4.74 Å². The van der Waals surface area contributed by atoms with E-state index in [-0.39, 0.29) is 30.0 Å². The summed E-state index contributed by atoms with van der Waals surface area (Å²) in [6.45, 7) is 14.0. The summed E-state index contributed by atoms with van der Waals surface area (Å²) in [5, 5.41) is 8.21. The van der Waals surface area contributed by atoms with Gasteiger partial charge in [0.05, 0.1) is 6.61 Å². The van der Waals surface area contributed by atoms with E-state index < -0.39 is 0 Å². The second-order valence-corrected chi connectivity index (χ2v) is 14.5. The van der Waals surface area contributed by atoms with Crippen LogP contribution in [0.25, 0.3) is 0 Å². The average molecular weight is 568 g/mol. The molecular weight excluding hydrogens is 518 g/mol. The molecular formula is C31H49N7OS. The Balaban J connectivity index is 1.43. The number of nitrogens with one attached hydrogen (secondary N) is 3. The zero-order valence-corrected chi connectivity index (χ0v) is 25.8. The van der Waals surface area contributed by atoms with Gasteiger partial charge in [-0.2, -0.15) is 0 Å². The molecule has 220 valence electrons. The minimum absolute atomic E-state index is 0.0158. The highest BCUT2D eigenvalue weighted by molar-refractivity contribution is 7.98. The van der Waals surface area contributed by atoms with Crippen LogP contribution in [0, 0.1) is 25.2 Å². The van der Waals surface area contributed by atoms with E-state index >= 15 is 0 Å². The number of fused-ring (bicyclic) bond motifs is 4. The van der Waals surface area contributed by atoms with Gasteiger partial charge in [-0.05, 0) is 67.6 Å². The van der Waals surface area contributed by atoms with Crippen LogP contribution >= 0.6 is 11.9 Å². The first-order chi connectivity index (χ1) is 19.1. The number of rotatable bonds is 4. The largest absolute Gasteiger partial charge is 0.368 e. The molecule has 8 nitrogen and oxygen atoms in total. The summed E-state index contributed by atoms with van der Waals surface area (Å²) in [6, 6.07) is 7.11. The molecule has 2 aliphatic heterocycles. The molecule has 40 heavy (non-hydrogen) atoms. The standard InChI is InChI=1S/C31H49N7OS/c1-20-8-6-9-21(2)28(20)26-13-27-36-30(35-26)37-40-25-11-7-10-22(12-25)17-38(18-23-15-33-29(32)34-16-23)24(19-39-27)14-31(3,4)5/h6,8-9,15-16,22,24-27,30,35-37H,7,10-14,17-19H2,1-5H3,(H2,32,33,34)/t22?,24-,25?,26?,27?,30?/m1/s1. The van der Waals surface area contributed by atoms with E-state index in [9.17, 15) is 0 Å². The maximum atomic E-state index is 6.82. The summed E-state index contributed by atoms with van der Waals surface area (Å²) in [6.07, 6.45) is 10.7. The quantitative estimate of drug-likeness (QED) is 0.379. The van der Waals surface area contributed by atoms with Crippen molar-refractivity contribution >= 4 is 17.9 Å². The van der Waals surface area contributed by atoms with Crippen LogP contribution in [0.2, 0.25) is 0 Å². The summed E-state index contributed by atoms with van der Waals surface area (Å²) in [7, 11) is 0. The van der Waals surface area contributed by atoms with E-state index in [4.69, 9.17) is 10.5 Å². The van der Waals surface area contributed by atoms with Gasteiger partial charge in [-0.25, -0.2) is 14.7 Å². The van der Waals surface area contributed by atoms with E-state index in [0.29, 0.717) is 23.7 Å². The molecule has 9 heteroatoms. The van der Waals surface area contributed by atoms with Gasteiger partial charge in [0.2, 0.25) is 5.95 Å². The first-order valence-electron chi connectivity index (χ1n) is 15.0. The lowest BCUT2D eigenvalue weighted by Crippen LogP contribution is -2.61. The van der Waals surface area contributed by atoms with Gasteiger partial charge in [-0.15, -0.1) is 0 Å². The molecule has 1 aromatic heterocycles. The lowest BCUT2D eigenvalue weighted by Gasteiger charge is -2.41. The van der Waals surface area contributed by atoms with E-state index in [2.05, 4.69) is 83.0 Å². The van der Waals surface area contributed by atoms with Crippen LogP contribution in [-0.4, -0.2) is 51.8 Å². The van der Waals surface area contributed by atoms with Gasteiger partial charge in [0.1, 0.15) is 12.5 Å². The topological polar surface area (TPSA) is 100 Å². The number of nitrogens with two attached hydrogens (primary N) is 1. The third-order valence-corrected chi connectivity index (χ3v) is 9.74. The molecule has 4 bridgehead atoms. The molecule has 0 amide bonds. The van der Waals surface area contributed by atoms with Crippen LogP contribution in [0.15, 0.2) is 30.6 Å². The van der Waals surface area contributed by atoms with Crippen molar-refractivity contribution in [1.82, 2.24) is 30.2 Å². The first-order valence-corrected chi connectivity index (χ1v) is 15.9. The molecule has 3 aliphatic rings. The fraction of sp³-hybridized carbons (Fsp3) is 0.677. The van der Waals surface area contributed by atoms with Crippen LogP contribution in [0.5, 0.6) is 0 Å². The molecule has 0 radical (unpaired) electrons. The van der Waals surface area contributed by atoms with Crippen molar-refractivity contribution in [3.8, 4) is 0 Å². The zero-order valence-electron chi connectivity index (χ0n) is 25.0. The Labute approximate surface area is 245 Å². The summed E-state index contributed by atoms with van der Waals surface area (Å²) in [4.78, 5) is 11.2. The first kappa shape index (κ1) is 29.7. The Morgan fingerprint density at radius 3 is 2.55 bits per heavy atom. The number of nitrogens with zero attached hydrogens (tertiary/aromatic N) is 3. The Morgan fingerprint density at radius 2 is 1.82 bits per heavy atom. The monoisotopic (exact) mass is 567 g/mol. The van der Waals surface area contributed by atoms with Crippen molar-refractivity contribution in [2.24, 2.45) is 11.3 Å². The minimum Gasteiger partial charge on any atom is -0.368 e. The third kappa shape index (κ3) is 7.95. The van der Waals surface area contributed by atoms with Crippen molar-refractivity contribution in [2.45, 2.75) is 110 Å². The minimum atomic E-state index is -0.0485. The van der Waals surface area contributed by atoms with Crippen LogP contribution < -0.4 is 21.1 Å². The summed E-state index contributed by atoms with van der Waals surface area (Å²) in [5.41, 5.74) is 11.2. The van der Waals surface area contributed by atoms with Gasteiger partial charge in [0.15, 0.2) is 0 Å². The van der Waals surface area contributed by atoms with Crippen molar-refractivity contribution in [3.05, 3.63) is 52.8 Å². The van der Waals surface area contributed by atoms with Gasteiger partial charge in [0.25, 0.3) is 0 Å². The van der Waals surface area contributed by atoms with Crippen LogP contribution in [0.1, 0.15) is 87.6 Å². The summed E-state index contributed by atoms with van der Waals surface area (Å²) in [5.74, 6) is 0.988. The molecule has 3 heterocycles. The lowest BCUT2D eigenvalue weighted by molar-refractivity contribution is -0.0514. The number of aryl methyl sites for hydroxylation is 2. The normalized spacial score (nSPS) is 30.6. The molecule has 5 rings (SSSR count). The molecule has 6 atom stereocenters. The highest BCUT2D eigenvalue weighted by Crippen LogP contribution is 2.35. The van der Waals surface area contributed by atoms with Crippen molar-refractivity contribution in [3.63, 3.8) is 0 Å². The van der Waals surface area contributed by atoms with E-state index in [1.807, 2.05) is 24.3 Å². The predicted molar refractivity (Wildman–Crippen MR) is 164 cm³/mol. The molecule has 2 saturated heterocycles. The Hall–Kier alpha value is -1.75. The fourth-order valence-corrected chi connectivity index (χ4v) is 7.93. The van der Waals surface area contributed by atoms with Gasteiger partial charge in [-0.1, -0.05) is 57.3 Å². The van der Waals surface area contributed by atoms with Crippen molar-refractivity contribution in [2.75, 3.05) is 18.9 Å². The van der Waals surface area contributed by atoms with E-state index in [0.717, 1.165) is 31.5 Å². The Bertz CT molecular complexity index is 1090. The number of ether oxygens (including phenoxy) is 1. The summed E-state index contributed by atoms with van der Waals surface area (Å²) < 4.78 is 10.6. The fourth-order valence-electron chi connectivity index (χ4n) is 6.81. The van der Waals surface area contributed by atoms with Gasteiger partial charge < -0.3 is 10.5 Å². The molecule has 1 aliphatic carbocycles. The molecule has 2 aromatic rings. The smallest absolute Gasteiger partial charge is 0.219 e. The number of nitrogen functional groups attached to an aromatic ring is 1. The third-order valence-electron chi connectivity index (χ3n) is 8.61. The predicted octanol–water partition coefficient (Wildman–Crippen LogP) is 5.04. The maximum Gasteiger partial charge on any atom is 0.219 e. The second-order valence-electron chi connectivity index (χ2n) is 13.4. The van der Waals surface area contributed by atoms with Gasteiger partial charge >= 0.3 is 0 Å². The number of hydrogen-bond acceptors (Lipinski definition) is 9. The summed E-state index contributed by atoms with van der Waals surface area (Å²) >= 11 is 1.91. The number of aromatic nitrogens is 2. The lowest BCUT2D eigenvalue weighted by atomic mass is 9.85. The molecule has 5 N–H and O–H groups in total. The van der Waals surface area contributed by atoms with Gasteiger partial charge in [-0.3, -0.25) is 15.5 Å². The molecule has 1 aromatic carbocycles. The van der Waals surface area contributed by atoms with E-state index in [1.54, 1.807) is 0 Å². The molecule has 0 spiro atoms. The van der Waals surface area contributed by atoms with Crippen LogP contribution in [0.4, 0.5) is 5.95 Å². The number of benzene rings is 1. The Kier molecular flexibility index (Phi) is 9.70. The average Bonchev–Trinajstić information content (AvgIpc) is 2.90. The highest BCUT2D eigenvalue weighted by Gasteiger charge is 2.35. The highest BCUT2D eigenvalue weighted by atomic mass is 32.2. The molecule has 5 unspecified atom stereocenters. The van der Waals surface area contributed by atoms with Crippen molar-refractivity contribution in [1.29, 1.82) is 0 Å². The zero-order chi connectivity index (χ0) is 28.3. The number of hydrogen-bond donors (Lipinski definition) is 4. The molecule has 3 fully saturated rings. The van der Waals surface area contributed by atoms with Gasteiger partial charge in [0, 0.05) is 54.8 Å². The SMILES string of the molecule is Cc1cccc(C)c1C1CC2NC(NSC3CCCC(C3)CN(Cc3cnc(N)nc3)[C@H](CC(C)(C)C)CO2)N1. The van der Waals surface area contributed by atoms with Crippen LogP contribution in [0.3, 0.4) is 0 Å². The molecule has 1 saturated carbocycles. The van der Waals surface area contributed by atoms with Crippen LogP contribution in [-0.2, 0) is 11.3 Å². The maximum absolute atomic E-state index is 6.82. The second kappa shape index (κ2) is 13.0. The Morgan fingerprint density at radius 1 is 1.07 bits per heavy atom. The number of anilines is 1.